The molecule has 2 N–H and O–H groups in total. The molecule has 0 spiro atoms. The minimum absolute atomic E-state index is 0.0729. The van der Waals surface area contributed by atoms with Crippen LogP contribution < -0.4 is 5.32 Å². The third-order valence-electron chi connectivity index (χ3n) is 6.20. The second-order valence-electron chi connectivity index (χ2n) is 8.39. The Kier molecular flexibility index (Phi) is 3.12. The van der Waals surface area contributed by atoms with Gasteiger partial charge in [0.15, 0.2) is 0 Å². The monoisotopic (exact) mass is 350 g/mol. The van der Waals surface area contributed by atoms with E-state index in [0.29, 0.717) is 5.56 Å². The molecule has 0 radical (unpaired) electrons. The maximum atomic E-state index is 15.1. The predicted octanol–water partition coefficient (Wildman–Crippen LogP) is 5.22. The molecule has 2 unspecified atom stereocenters. The fourth-order valence-corrected chi connectivity index (χ4v) is 5.05. The second-order valence-corrected chi connectivity index (χ2v) is 8.39. The van der Waals surface area contributed by atoms with E-state index in [9.17, 15) is 0 Å². The topological polar surface area (TPSA) is 37.0 Å². The van der Waals surface area contributed by atoms with E-state index in [1.807, 2.05) is 36.5 Å². The van der Waals surface area contributed by atoms with E-state index < -0.39 is 0 Å². The summed E-state index contributed by atoms with van der Waals surface area (Å²) in [6.45, 7) is 7.26. The molecular formula is C22H23FN2O. The van der Waals surface area contributed by atoms with Crippen molar-refractivity contribution in [1.29, 1.82) is 0 Å². The number of benzene rings is 2. The number of hydrogen-bond acceptors (Lipinski definition) is 2. The molecule has 0 aliphatic carbocycles. The lowest BCUT2D eigenvalue weighted by atomic mass is 9.66. The van der Waals surface area contributed by atoms with Crippen LogP contribution in [0.25, 0.3) is 22.0 Å². The van der Waals surface area contributed by atoms with Crippen LogP contribution in [0.2, 0.25) is 0 Å². The molecule has 2 aliphatic rings. The van der Waals surface area contributed by atoms with Gasteiger partial charge in [-0.15, -0.1) is 0 Å². The van der Waals surface area contributed by atoms with E-state index in [2.05, 4.69) is 31.1 Å². The first-order valence-electron chi connectivity index (χ1n) is 9.20. The number of hydrogen-bond donors (Lipinski definition) is 2. The lowest BCUT2D eigenvalue weighted by Crippen LogP contribution is -2.56. The number of aromatic amines is 1. The van der Waals surface area contributed by atoms with Gasteiger partial charge in [-0.25, -0.2) is 4.39 Å². The smallest absolute Gasteiger partial charge is 0.133 e. The molecule has 1 aromatic heterocycles. The molecule has 3 heterocycles. The van der Waals surface area contributed by atoms with E-state index >= 15 is 4.39 Å². The van der Waals surface area contributed by atoms with Crippen LogP contribution in [0.15, 0.2) is 42.6 Å². The highest BCUT2D eigenvalue weighted by Crippen LogP contribution is 2.51. The highest BCUT2D eigenvalue weighted by molar-refractivity contribution is 5.96. The third-order valence-corrected chi connectivity index (χ3v) is 6.20. The van der Waals surface area contributed by atoms with Crippen molar-refractivity contribution < 1.29 is 9.13 Å². The Hall–Kier alpha value is -2.33. The predicted molar refractivity (Wildman–Crippen MR) is 103 cm³/mol. The molecule has 2 aromatic carbocycles. The van der Waals surface area contributed by atoms with Gasteiger partial charge in [-0.2, -0.15) is 0 Å². The Labute approximate surface area is 152 Å². The summed E-state index contributed by atoms with van der Waals surface area (Å²) >= 11 is 0. The van der Waals surface area contributed by atoms with Crippen molar-refractivity contribution in [2.45, 2.75) is 44.2 Å². The van der Waals surface area contributed by atoms with Crippen molar-refractivity contribution in [3.8, 4) is 11.1 Å². The molecule has 5 rings (SSSR count). The molecule has 2 atom stereocenters. The third kappa shape index (κ3) is 2.02. The first kappa shape index (κ1) is 15.9. The molecule has 1 fully saturated rings. The number of H-pyrrole nitrogens is 1. The molecule has 1 saturated heterocycles. The number of anilines is 1. The number of aromatic nitrogens is 1. The number of halogens is 1. The Morgan fingerprint density at radius 3 is 2.77 bits per heavy atom. The Bertz CT molecular complexity index is 1020. The van der Waals surface area contributed by atoms with Crippen molar-refractivity contribution in [3.05, 3.63) is 54.0 Å². The van der Waals surface area contributed by atoms with Crippen LogP contribution >= 0.6 is 0 Å². The van der Waals surface area contributed by atoms with E-state index in [1.54, 1.807) is 6.07 Å². The normalized spacial score (nSPS) is 26.4. The number of para-hydroxylation sites is 1. The van der Waals surface area contributed by atoms with Gasteiger partial charge in [-0.05, 0) is 44.0 Å². The molecule has 0 amide bonds. The molecular weight excluding hydrogens is 327 g/mol. The van der Waals surface area contributed by atoms with Crippen LogP contribution in [0.4, 0.5) is 10.1 Å². The zero-order chi connectivity index (χ0) is 18.1. The maximum Gasteiger partial charge on any atom is 0.133 e. The fraction of sp³-hybridized carbons (Fsp3) is 0.364. The van der Waals surface area contributed by atoms with Crippen LogP contribution in [0.5, 0.6) is 0 Å². The zero-order valence-corrected chi connectivity index (χ0v) is 15.3. The molecule has 0 bridgehead atoms. The lowest BCUT2D eigenvalue weighted by Gasteiger charge is -2.48. The Balaban J connectivity index is 1.74. The highest BCUT2D eigenvalue weighted by Gasteiger charge is 2.53. The molecule has 4 heteroatoms. The first-order valence-corrected chi connectivity index (χ1v) is 9.20. The van der Waals surface area contributed by atoms with E-state index in [1.165, 1.54) is 0 Å². The molecule has 3 aromatic rings. The summed E-state index contributed by atoms with van der Waals surface area (Å²) in [4.78, 5) is 3.26. The van der Waals surface area contributed by atoms with Gasteiger partial charge in [0.2, 0.25) is 0 Å². The summed E-state index contributed by atoms with van der Waals surface area (Å²) in [6, 6.07) is 11.7. The molecule has 3 nitrogen and oxygen atoms in total. The maximum absolute atomic E-state index is 15.1. The van der Waals surface area contributed by atoms with Crippen molar-refractivity contribution in [3.63, 3.8) is 0 Å². The van der Waals surface area contributed by atoms with Crippen LogP contribution in [-0.2, 0) is 10.2 Å². The average Bonchev–Trinajstić information content (AvgIpc) is 3.19. The van der Waals surface area contributed by atoms with E-state index in [0.717, 1.165) is 40.7 Å². The molecule has 0 saturated carbocycles. The summed E-state index contributed by atoms with van der Waals surface area (Å²) in [7, 11) is 0. The number of nitrogens with one attached hydrogen (secondary N) is 2. The van der Waals surface area contributed by atoms with Crippen molar-refractivity contribution in [2.24, 2.45) is 0 Å². The molecule has 134 valence electrons. The quantitative estimate of drug-likeness (QED) is 0.631. The lowest BCUT2D eigenvalue weighted by molar-refractivity contribution is 0.0352. The standard InChI is InChI=1S/C22H23FN2O/c1-21(2)20-22(3,8-9-26-20)16-10-14(17(23)11-19(16)25-21)15-12-24-18-7-5-4-6-13(15)18/h4-7,10-12,20,24-25H,8-9H2,1-3H3. The van der Waals surface area contributed by atoms with Crippen LogP contribution in [0.1, 0.15) is 32.8 Å². The summed E-state index contributed by atoms with van der Waals surface area (Å²) in [5, 5.41) is 4.55. The van der Waals surface area contributed by atoms with Crippen LogP contribution in [0.3, 0.4) is 0 Å². The number of ether oxygens (including phenoxy) is 1. The summed E-state index contributed by atoms with van der Waals surface area (Å²) in [5.74, 6) is -0.197. The van der Waals surface area contributed by atoms with Gasteiger partial charge >= 0.3 is 0 Å². The number of fused-ring (bicyclic) bond motifs is 4. The Morgan fingerprint density at radius 1 is 1.12 bits per heavy atom. The summed E-state index contributed by atoms with van der Waals surface area (Å²) in [5.41, 5.74) is 4.28. The van der Waals surface area contributed by atoms with Crippen molar-refractivity contribution in [2.75, 3.05) is 11.9 Å². The minimum atomic E-state index is -0.229. The fourth-order valence-electron chi connectivity index (χ4n) is 5.05. The van der Waals surface area contributed by atoms with Gasteiger partial charge in [-0.1, -0.05) is 25.1 Å². The van der Waals surface area contributed by atoms with Gasteiger partial charge < -0.3 is 15.0 Å². The second kappa shape index (κ2) is 5.10. The summed E-state index contributed by atoms with van der Waals surface area (Å²) < 4.78 is 21.2. The molecule has 26 heavy (non-hydrogen) atoms. The highest BCUT2D eigenvalue weighted by atomic mass is 19.1. The summed E-state index contributed by atoms with van der Waals surface area (Å²) in [6.07, 6.45) is 2.93. The first-order chi connectivity index (χ1) is 12.4. The largest absolute Gasteiger partial charge is 0.377 e. The van der Waals surface area contributed by atoms with E-state index in [4.69, 9.17) is 4.74 Å². The van der Waals surface area contributed by atoms with Gasteiger partial charge in [0.05, 0.1) is 11.6 Å². The Morgan fingerprint density at radius 2 is 1.92 bits per heavy atom. The zero-order valence-electron chi connectivity index (χ0n) is 15.3. The van der Waals surface area contributed by atoms with Crippen LogP contribution in [-0.4, -0.2) is 23.2 Å². The van der Waals surface area contributed by atoms with Gasteiger partial charge in [0.1, 0.15) is 5.82 Å². The SMILES string of the molecule is CC1(C)Nc2cc(F)c(-c3c[nH]c4ccccc34)cc2C2(C)CCOC12. The van der Waals surface area contributed by atoms with Crippen molar-refractivity contribution in [1.82, 2.24) is 4.98 Å². The average molecular weight is 350 g/mol. The van der Waals surface area contributed by atoms with Gasteiger partial charge in [-0.3, -0.25) is 0 Å². The minimum Gasteiger partial charge on any atom is -0.377 e. The van der Waals surface area contributed by atoms with Gasteiger partial charge in [0.25, 0.3) is 0 Å². The number of rotatable bonds is 1. The molecule has 2 aliphatic heterocycles. The van der Waals surface area contributed by atoms with Crippen LogP contribution in [0, 0.1) is 5.82 Å². The van der Waals surface area contributed by atoms with Gasteiger partial charge in [0, 0.05) is 45.9 Å². The van der Waals surface area contributed by atoms with E-state index in [-0.39, 0.29) is 22.9 Å². The van der Waals surface area contributed by atoms with Crippen molar-refractivity contribution >= 4 is 16.6 Å².